The molecule has 1 aromatic heterocycles. The van der Waals surface area contributed by atoms with E-state index in [0.717, 1.165) is 12.0 Å². The number of hydrogen-bond acceptors (Lipinski definition) is 8. The normalized spacial score (nSPS) is 14.5. The van der Waals surface area contributed by atoms with E-state index in [0.29, 0.717) is 69.4 Å². The molecule has 0 spiro atoms. The van der Waals surface area contributed by atoms with Gasteiger partial charge >= 0.3 is 5.97 Å². The van der Waals surface area contributed by atoms with Gasteiger partial charge in [0.1, 0.15) is 18.4 Å². The van der Waals surface area contributed by atoms with Crippen molar-refractivity contribution < 1.29 is 23.7 Å². The van der Waals surface area contributed by atoms with E-state index in [1.165, 1.54) is 30.1 Å². The van der Waals surface area contributed by atoms with Crippen LogP contribution in [0.25, 0.3) is 6.08 Å². The van der Waals surface area contributed by atoms with E-state index in [4.69, 9.17) is 58.7 Å². The van der Waals surface area contributed by atoms with Crippen molar-refractivity contribution in [1.29, 1.82) is 0 Å². The first-order chi connectivity index (χ1) is 22.6. The first-order valence-corrected chi connectivity index (χ1v) is 17.3. The molecule has 5 rings (SSSR count). The minimum Gasteiger partial charge on any atom is -0.496 e. The van der Waals surface area contributed by atoms with Crippen LogP contribution in [-0.2, 0) is 16.1 Å². The topological polar surface area (TPSA) is 88.4 Å². The number of benzene rings is 3. The summed E-state index contributed by atoms with van der Waals surface area (Å²) in [7, 11) is 3.06. The minimum atomic E-state index is -0.879. The van der Waals surface area contributed by atoms with E-state index in [-0.39, 0.29) is 24.3 Å². The Labute approximate surface area is 298 Å². The fraction of sp³-hybridized carbons (Fsp3) is 0.265. The predicted octanol–water partition coefficient (Wildman–Crippen LogP) is 7.90. The Bertz CT molecular complexity index is 2060. The number of thiazole rings is 1. The zero-order valence-electron chi connectivity index (χ0n) is 25.9. The molecule has 0 aliphatic carbocycles. The lowest BCUT2D eigenvalue weighted by Crippen LogP contribution is -2.40. The number of ether oxygens (including phenoxy) is 4. The second kappa shape index (κ2) is 15.3. The lowest BCUT2D eigenvalue weighted by atomic mass is 9.93. The molecule has 0 amide bonds. The summed E-state index contributed by atoms with van der Waals surface area (Å²) in [4.78, 5) is 33.0. The number of nitrogens with zero attached hydrogens (tertiary/aromatic N) is 2. The maximum Gasteiger partial charge on any atom is 0.338 e. The van der Waals surface area contributed by atoms with Crippen LogP contribution in [-0.4, -0.2) is 31.4 Å². The Balaban J connectivity index is 1.64. The van der Waals surface area contributed by atoms with Gasteiger partial charge in [-0.25, -0.2) is 9.79 Å². The molecule has 0 saturated heterocycles. The molecule has 8 nitrogen and oxygen atoms in total. The molecule has 246 valence electrons. The Morgan fingerprint density at radius 3 is 2.40 bits per heavy atom. The third-order valence-corrected chi connectivity index (χ3v) is 9.84. The van der Waals surface area contributed by atoms with Gasteiger partial charge in [-0.05, 0) is 67.4 Å². The highest BCUT2D eigenvalue weighted by Gasteiger charge is 2.36. The number of allylic oxidation sites excluding steroid dienone is 1. The van der Waals surface area contributed by atoms with Gasteiger partial charge in [-0.3, -0.25) is 9.36 Å². The maximum absolute atomic E-state index is 14.3. The number of hydrogen-bond donors (Lipinski definition) is 0. The minimum absolute atomic E-state index is 0.161. The molecule has 0 saturated carbocycles. The van der Waals surface area contributed by atoms with Crippen LogP contribution >= 0.6 is 62.1 Å². The standard InChI is InChI=1S/C34H30BrCl3N2O6S/c1-5-7-25-30(33(42)45-6-2)31(22-14-20(36)10-11-26(22)43-3)40-32(41)29(47-34(40)39-25)13-19-12-27(44-4)28(16-23(19)35)46-17-18-8-9-21(37)15-24(18)38/h8-16,31H,5-7,17H2,1-4H3/b29-13+/t31-/m0/s1. The Hall–Kier alpha value is -3.28. The fourth-order valence-electron chi connectivity index (χ4n) is 5.20. The van der Waals surface area contributed by atoms with Crippen LogP contribution in [0.2, 0.25) is 15.1 Å². The van der Waals surface area contributed by atoms with Gasteiger partial charge in [-0.2, -0.15) is 0 Å². The SMILES string of the molecule is CCCC1=C(C(=O)OCC)[C@H](c2cc(Cl)ccc2OC)n2c(s/c(=C/c3cc(OC)c(OCc4ccc(Cl)cc4Cl)cc3Br)c2=O)=N1. The molecule has 13 heteroatoms. The third-order valence-electron chi connectivity index (χ3n) is 7.35. The largest absolute Gasteiger partial charge is 0.496 e. The van der Waals surface area contributed by atoms with Crippen molar-refractivity contribution in [3.8, 4) is 17.2 Å². The number of fused-ring (bicyclic) bond motifs is 1. The summed E-state index contributed by atoms with van der Waals surface area (Å²) in [5.41, 5.74) is 2.45. The van der Waals surface area contributed by atoms with E-state index in [1.54, 1.807) is 61.5 Å². The van der Waals surface area contributed by atoms with Gasteiger partial charge in [-0.1, -0.05) is 81.5 Å². The van der Waals surface area contributed by atoms with Crippen LogP contribution in [0.15, 0.2) is 74.1 Å². The monoisotopic (exact) mass is 778 g/mol. The van der Waals surface area contributed by atoms with Crippen LogP contribution < -0.4 is 29.1 Å². The van der Waals surface area contributed by atoms with Crippen molar-refractivity contribution >= 4 is 74.1 Å². The highest BCUT2D eigenvalue weighted by Crippen LogP contribution is 2.39. The summed E-state index contributed by atoms with van der Waals surface area (Å²) >= 11 is 23.6. The number of esters is 1. The first kappa shape index (κ1) is 35.0. The van der Waals surface area contributed by atoms with Gasteiger partial charge in [0.25, 0.3) is 5.56 Å². The third kappa shape index (κ3) is 7.42. The molecule has 0 fully saturated rings. The fourth-order valence-corrected chi connectivity index (χ4v) is 7.29. The van der Waals surface area contributed by atoms with Gasteiger partial charge in [0.2, 0.25) is 0 Å². The van der Waals surface area contributed by atoms with Crippen LogP contribution in [0.4, 0.5) is 0 Å². The number of rotatable bonds is 11. The van der Waals surface area contributed by atoms with Gasteiger partial charge in [0.15, 0.2) is 16.3 Å². The lowest BCUT2D eigenvalue weighted by molar-refractivity contribution is -0.139. The summed E-state index contributed by atoms with van der Waals surface area (Å²) in [5.74, 6) is 0.842. The Kier molecular flexibility index (Phi) is 11.4. The molecular weight excluding hydrogens is 751 g/mol. The number of halogens is 4. The second-order valence-corrected chi connectivity index (χ2v) is 13.5. The number of aromatic nitrogens is 1. The highest BCUT2D eigenvalue weighted by atomic mass is 79.9. The summed E-state index contributed by atoms with van der Waals surface area (Å²) in [5, 5.41) is 1.45. The maximum atomic E-state index is 14.3. The summed E-state index contributed by atoms with van der Waals surface area (Å²) in [6, 6.07) is 13.0. The lowest BCUT2D eigenvalue weighted by Gasteiger charge is -2.27. The predicted molar refractivity (Wildman–Crippen MR) is 189 cm³/mol. The van der Waals surface area contributed by atoms with Crippen LogP contribution in [0, 0.1) is 0 Å². The molecule has 3 aromatic carbocycles. The average molecular weight is 781 g/mol. The van der Waals surface area contributed by atoms with E-state index in [1.807, 2.05) is 6.92 Å². The molecule has 1 aliphatic heterocycles. The zero-order chi connectivity index (χ0) is 33.8. The molecule has 1 atom stereocenters. The first-order valence-electron chi connectivity index (χ1n) is 14.6. The molecular formula is C34H30BrCl3N2O6S. The van der Waals surface area contributed by atoms with Crippen molar-refractivity contribution in [2.45, 2.75) is 39.3 Å². The summed E-state index contributed by atoms with van der Waals surface area (Å²) in [6.07, 6.45) is 2.97. The molecule has 2 heterocycles. The highest BCUT2D eigenvalue weighted by molar-refractivity contribution is 9.10. The molecule has 4 aromatic rings. The Morgan fingerprint density at radius 2 is 1.72 bits per heavy atom. The van der Waals surface area contributed by atoms with Gasteiger partial charge < -0.3 is 18.9 Å². The van der Waals surface area contributed by atoms with Gasteiger partial charge in [0, 0.05) is 30.7 Å². The smallest absolute Gasteiger partial charge is 0.338 e. The van der Waals surface area contributed by atoms with Crippen molar-refractivity contribution in [3.05, 3.63) is 116 Å². The van der Waals surface area contributed by atoms with E-state index in [9.17, 15) is 9.59 Å². The Morgan fingerprint density at radius 1 is 1.00 bits per heavy atom. The number of carbonyl (C=O) groups excluding carboxylic acids is 1. The summed E-state index contributed by atoms with van der Waals surface area (Å²) in [6.45, 7) is 4.08. The van der Waals surface area contributed by atoms with E-state index in [2.05, 4.69) is 15.9 Å². The van der Waals surface area contributed by atoms with Crippen LogP contribution in [0.1, 0.15) is 49.4 Å². The van der Waals surface area contributed by atoms with Crippen molar-refractivity contribution in [2.75, 3.05) is 20.8 Å². The van der Waals surface area contributed by atoms with Crippen LogP contribution in [0.5, 0.6) is 17.2 Å². The van der Waals surface area contributed by atoms with E-state index >= 15 is 0 Å². The average Bonchev–Trinajstić information content (AvgIpc) is 3.35. The second-order valence-electron chi connectivity index (χ2n) is 10.3. The molecule has 0 radical (unpaired) electrons. The van der Waals surface area contributed by atoms with Crippen LogP contribution in [0.3, 0.4) is 0 Å². The van der Waals surface area contributed by atoms with Crippen molar-refractivity contribution in [3.63, 3.8) is 0 Å². The molecule has 0 N–H and O–H groups in total. The van der Waals surface area contributed by atoms with Gasteiger partial charge in [0.05, 0.1) is 36.6 Å². The molecule has 0 unspecified atom stereocenters. The summed E-state index contributed by atoms with van der Waals surface area (Å²) < 4.78 is 25.4. The van der Waals surface area contributed by atoms with E-state index < -0.39 is 12.0 Å². The number of methoxy groups -OCH3 is 2. The quantitative estimate of drug-likeness (QED) is 0.144. The molecule has 1 aliphatic rings. The zero-order valence-corrected chi connectivity index (χ0v) is 30.5. The molecule has 47 heavy (non-hydrogen) atoms. The van der Waals surface area contributed by atoms with Crippen molar-refractivity contribution in [2.24, 2.45) is 4.99 Å². The van der Waals surface area contributed by atoms with Gasteiger partial charge in [-0.15, -0.1) is 0 Å². The number of carbonyl (C=O) groups is 1. The molecule has 0 bridgehead atoms. The van der Waals surface area contributed by atoms with Crippen molar-refractivity contribution in [1.82, 2.24) is 4.57 Å².